The molecule has 0 unspecified atom stereocenters. The van der Waals surface area contributed by atoms with Crippen LogP contribution in [0, 0.1) is 5.82 Å². The van der Waals surface area contributed by atoms with Crippen LogP contribution in [-0.2, 0) is 17.8 Å². The van der Waals surface area contributed by atoms with Gasteiger partial charge < -0.3 is 5.32 Å². The number of carbonyl (C=O) groups excluding carboxylic acids is 1. The maximum absolute atomic E-state index is 12.9. The van der Waals surface area contributed by atoms with E-state index in [1.807, 2.05) is 11.4 Å². The molecule has 1 aromatic heterocycles. The summed E-state index contributed by atoms with van der Waals surface area (Å²) < 4.78 is 12.9. The topological polar surface area (TPSA) is 41.1 Å². The smallest absolute Gasteiger partial charge is 0.234 e. The van der Waals surface area contributed by atoms with Crippen molar-refractivity contribution in [1.82, 2.24) is 10.6 Å². The Kier molecular flexibility index (Phi) is 6.74. The average molecular weight is 383 g/mol. The number of carbonyl (C=O) groups is 1. The Labute approximate surface area is 163 Å². The Morgan fingerprint density at radius 3 is 2.37 bits per heavy atom. The third-order valence-corrected chi connectivity index (χ3v) is 5.36. The van der Waals surface area contributed by atoms with Crippen LogP contribution in [0.5, 0.6) is 0 Å². The van der Waals surface area contributed by atoms with Gasteiger partial charge in [-0.3, -0.25) is 10.1 Å². The molecule has 0 radical (unpaired) electrons. The zero-order valence-electron chi connectivity index (χ0n) is 15.2. The SMILES string of the molecule is CCc1ccc([C@H](NCC(=O)NCc2ccc(F)cc2)c2cccs2)cc1. The lowest BCUT2D eigenvalue weighted by molar-refractivity contribution is -0.120. The van der Waals surface area contributed by atoms with Crippen molar-refractivity contribution in [3.63, 3.8) is 0 Å². The molecule has 3 rings (SSSR count). The number of aryl methyl sites for hydroxylation is 1. The van der Waals surface area contributed by atoms with Crippen LogP contribution in [0.25, 0.3) is 0 Å². The van der Waals surface area contributed by atoms with E-state index in [0.29, 0.717) is 6.54 Å². The van der Waals surface area contributed by atoms with Crippen LogP contribution in [-0.4, -0.2) is 12.5 Å². The molecule has 0 spiro atoms. The largest absolute Gasteiger partial charge is 0.351 e. The molecular weight excluding hydrogens is 359 g/mol. The van der Waals surface area contributed by atoms with E-state index < -0.39 is 0 Å². The van der Waals surface area contributed by atoms with Gasteiger partial charge in [-0.1, -0.05) is 49.4 Å². The molecule has 5 heteroatoms. The van der Waals surface area contributed by atoms with E-state index in [1.54, 1.807) is 23.5 Å². The summed E-state index contributed by atoms with van der Waals surface area (Å²) in [7, 11) is 0. The third kappa shape index (κ3) is 5.49. The molecule has 2 aromatic carbocycles. The van der Waals surface area contributed by atoms with Gasteiger partial charge in [0.15, 0.2) is 0 Å². The first kappa shape index (κ1) is 19.3. The summed E-state index contributed by atoms with van der Waals surface area (Å²) in [5, 5.41) is 8.27. The van der Waals surface area contributed by atoms with Gasteiger partial charge in [-0.05, 0) is 46.7 Å². The fourth-order valence-corrected chi connectivity index (χ4v) is 3.67. The monoisotopic (exact) mass is 382 g/mol. The molecule has 0 aliphatic carbocycles. The summed E-state index contributed by atoms with van der Waals surface area (Å²) in [6, 6.07) is 18.7. The van der Waals surface area contributed by atoms with Crippen molar-refractivity contribution in [2.24, 2.45) is 0 Å². The number of nitrogens with one attached hydrogen (secondary N) is 2. The lowest BCUT2D eigenvalue weighted by Crippen LogP contribution is -2.35. The molecule has 3 nitrogen and oxygen atoms in total. The van der Waals surface area contributed by atoms with Crippen molar-refractivity contribution in [1.29, 1.82) is 0 Å². The van der Waals surface area contributed by atoms with Crippen molar-refractivity contribution in [2.45, 2.75) is 25.9 Å². The number of hydrogen-bond donors (Lipinski definition) is 2. The summed E-state index contributed by atoms with van der Waals surface area (Å²) in [5.74, 6) is -0.370. The highest BCUT2D eigenvalue weighted by molar-refractivity contribution is 7.10. The van der Waals surface area contributed by atoms with Crippen LogP contribution < -0.4 is 10.6 Å². The fraction of sp³-hybridized carbons (Fsp3) is 0.227. The zero-order valence-corrected chi connectivity index (χ0v) is 16.1. The Balaban J connectivity index is 1.60. The number of thiophene rings is 1. The second-order valence-corrected chi connectivity index (χ2v) is 7.31. The van der Waals surface area contributed by atoms with Crippen LogP contribution in [0.15, 0.2) is 66.0 Å². The second-order valence-electron chi connectivity index (χ2n) is 6.33. The van der Waals surface area contributed by atoms with E-state index in [2.05, 4.69) is 47.9 Å². The zero-order chi connectivity index (χ0) is 19.1. The minimum absolute atomic E-state index is 0.0209. The highest BCUT2D eigenvalue weighted by Gasteiger charge is 2.16. The normalized spacial score (nSPS) is 11.9. The van der Waals surface area contributed by atoms with Gasteiger partial charge in [0, 0.05) is 11.4 Å². The predicted octanol–water partition coefficient (Wildman–Crippen LogP) is 4.45. The highest BCUT2D eigenvalue weighted by Crippen LogP contribution is 2.26. The Bertz CT molecular complexity index is 845. The van der Waals surface area contributed by atoms with Gasteiger partial charge in [-0.25, -0.2) is 4.39 Å². The number of rotatable bonds is 8. The Morgan fingerprint density at radius 1 is 1.04 bits per heavy atom. The molecule has 3 aromatic rings. The molecular formula is C22H23FN2OS. The summed E-state index contributed by atoms with van der Waals surface area (Å²) in [4.78, 5) is 13.4. The number of hydrogen-bond acceptors (Lipinski definition) is 3. The van der Waals surface area contributed by atoms with Crippen molar-refractivity contribution in [2.75, 3.05) is 6.54 Å². The number of halogens is 1. The van der Waals surface area contributed by atoms with Gasteiger partial charge in [0.1, 0.15) is 5.82 Å². The van der Waals surface area contributed by atoms with E-state index in [1.165, 1.54) is 22.6 Å². The van der Waals surface area contributed by atoms with Crippen molar-refractivity contribution >= 4 is 17.2 Å². The quantitative estimate of drug-likeness (QED) is 0.605. The maximum Gasteiger partial charge on any atom is 0.234 e. The average Bonchev–Trinajstić information content (AvgIpc) is 3.23. The van der Waals surface area contributed by atoms with E-state index in [0.717, 1.165) is 17.5 Å². The van der Waals surface area contributed by atoms with E-state index in [9.17, 15) is 9.18 Å². The molecule has 0 bridgehead atoms. The summed E-state index contributed by atoms with van der Waals surface area (Å²) in [6.07, 6.45) is 1.00. The predicted molar refractivity (Wildman–Crippen MR) is 108 cm³/mol. The lowest BCUT2D eigenvalue weighted by atomic mass is 10.0. The summed E-state index contributed by atoms with van der Waals surface area (Å²) in [6.45, 7) is 2.73. The molecule has 1 heterocycles. The first-order chi connectivity index (χ1) is 13.2. The Hall–Kier alpha value is -2.50. The first-order valence-electron chi connectivity index (χ1n) is 9.02. The van der Waals surface area contributed by atoms with Gasteiger partial charge in [0.05, 0.1) is 12.6 Å². The highest BCUT2D eigenvalue weighted by atomic mass is 32.1. The second kappa shape index (κ2) is 9.44. The van der Waals surface area contributed by atoms with Gasteiger partial charge in [-0.2, -0.15) is 0 Å². The van der Waals surface area contributed by atoms with Crippen LogP contribution in [0.2, 0.25) is 0 Å². The Morgan fingerprint density at radius 2 is 1.74 bits per heavy atom. The summed E-state index contributed by atoms with van der Waals surface area (Å²) >= 11 is 1.67. The minimum Gasteiger partial charge on any atom is -0.351 e. The molecule has 27 heavy (non-hydrogen) atoms. The number of amides is 1. The van der Waals surface area contributed by atoms with Crippen molar-refractivity contribution in [3.8, 4) is 0 Å². The molecule has 0 aliphatic rings. The molecule has 0 saturated carbocycles. The fourth-order valence-electron chi connectivity index (χ4n) is 2.84. The van der Waals surface area contributed by atoms with Gasteiger partial charge in [0.25, 0.3) is 0 Å². The molecule has 1 atom stereocenters. The van der Waals surface area contributed by atoms with E-state index in [4.69, 9.17) is 0 Å². The van der Waals surface area contributed by atoms with Crippen molar-refractivity contribution < 1.29 is 9.18 Å². The van der Waals surface area contributed by atoms with Crippen LogP contribution in [0.4, 0.5) is 4.39 Å². The molecule has 2 N–H and O–H groups in total. The summed E-state index contributed by atoms with van der Waals surface area (Å²) in [5.41, 5.74) is 3.30. The van der Waals surface area contributed by atoms with E-state index in [-0.39, 0.29) is 24.3 Å². The molecule has 0 fully saturated rings. The van der Waals surface area contributed by atoms with Crippen molar-refractivity contribution in [3.05, 3.63) is 93.4 Å². The molecule has 140 valence electrons. The molecule has 0 saturated heterocycles. The van der Waals surface area contributed by atoms with Gasteiger partial charge in [-0.15, -0.1) is 11.3 Å². The van der Waals surface area contributed by atoms with E-state index >= 15 is 0 Å². The first-order valence-corrected chi connectivity index (χ1v) is 9.90. The maximum atomic E-state index is 12.9. The van der Waals surface area contributed by atoms with Gasteiger partial charge in [0.2, 0.25) is 5.91 Å². The lowest BCUT2D eigenvalue weighted by Gasteiger charge is -2.18. The van der Waals surface area contributed by atoms with Crippen LogP contribution in [0.3, 0.4) is 0 Å². The third-order valence-electron chi connectivity index (χ3n) is 4.42. The number of benzene rings is 2. The van der Waals surface area contributed by atoms with Crippen LogP contribution >= 0.6 is 11.3 Å². The van der Waals surface area contributed by atoms with Gasteiger partial charge >= 0.3 is 0 Å². The molecule has 0 aliphatic heterocycles. The minimum atomic E-state index is -0.278. The van der Waals surface area contributed by atoms with Crippen LogP contribution in [0.1, 0.15) is 34.5 Å². The molecule has 1 amide bonds. The standard InChI is InChI=1S/C22H23FN2OS/c1-2-16-5-9-18(10-6-16)22(20-4-3-13-27-20)25-15-21(26)24-14-17-7-11-19(23)12-8-17/h3-13,22,25H,2,14-15H2,1H3,(H,24,26)/t22-/m0/s1.